The minimum absolute atomic E-state index is 0.129. The zero-order valence-corrected chi connectivity index (χ0v) is 8.64. The van der Waals surface area contributed by atoms with Crippen LogP contribution in [0.15, 0.2) is 6.20 Å². The van der Waals surface area contributed by atoms with Crippen molar-refractivity contribution in [3.8, 4) is 0 Å². The second-order valence-electron chi connectivity index (χ2n) is 3.03. The highest BCUT2D eigenvalue weighted by Crippen LogP contribution is 2.07. The lowest BCUT2D eigenvalue weighted by molar-refractivity contribution is 0.0975. The molecule has 0 fully saturated rings. The van der Waals surface area contributed by atoms with E-state index in [0.29, 0.717) is 12.1 Å². The lowest BCUT2D eigenvalue weighted by Gasteiger charge is -1.96. The van der Waals surface area contributed by atoms with Crippen molar-refractivity contribution < 1.29 is 4.79 Å². The molecule has 0 N–H and O–H groups in total. The Morgan fingerprint density at radius 1 is 1.46 bits per heavy atom. The van der Waals surface area contributed by atoms with Crippen molar-refractivity contribution in [2.45, 2.75) is 39.0 Å². The lowest BCUT2D eigenvalue weighted by atomic mass is 10.1. The average Bonchev–Trinajstić information content (AvgIpc) is 2.65. The Balaban J connectivity index is 2.19. The molecule has 0 bridgehead atoms. The topological polar surface area (TPSA) is 42.9 Å². The first kappa shape index (κ1) is 10.3. The van der Waals surface area contributed by atoms with Crippen LogP contribution < -0.4 is 0 Å². The van der Waals surface area contributed by atoms with Crippen LogP contribution in [0.25, 0.3) is 0 Å². The molecule has 0 saturated heterocycles. The third kappa shape index (κ3) is 3.63. The maximum atomic E-state index is 11.4. The van der Waals surface area contributed by atoms with Crippen molar-refractivity contribution in [3.05, 3.63) is 11.9 Å². The van der Waals surface area contributed by atoms with Crippen molar-refractivity contribution in [2.75, 3.05) is 0 Å². The number of hydrogen-bond acceptors (Lipinski definition) is 4. The molecule has 3 nitrogen and oxygen atoms in total. The smallest absolute Gasteiger partial charge is 0.183 e. The lowest BCUT2D eigenvalue weighted by Crippen LogP contribution is -1.98. The fraction of sp³-hybridized carbons (Fsp3) is 0.667. The Labute approximate surface area is 82.5 Å². The van der Waals surface area contributed by atoms with E-state index in [9.17, 15) is 4.79 Å². The van der Waals surface area contributed by atoms with Gasteiger partial charge in [0.1, 0.15) is 5.69 Å². The Kier molecular flexibility index (Phi) is 4.60. The van der Waals surface area contributed by atoms with Crippen molar-refractivity contribution in [3.63, 3.8) is 0 Å². The molecule has 4 heteroatoms. The molecule has 0 aliphatic heterocycles. The molecule has 0 radical (unpaired) electrons. The molecular weight excluding hydrogens is 184 g/mol. The van der Waals surface area contributed by atoms with Gasteiger partial charge in [-0.15, -0.1) is 0 Å². The van der Waals surface area contributed by atoms with Crippen molar-refractivity contribution in [1.82, 2.24) is 8.75 Å². The summed E-state index contributed by atoms with van der Waals surface area (Å²) in [4.78, 5) is 11.4. The van der Waals surface area contributed by atoms with Gasteiger partial charge in [-0.3, -0.25) is 4.79 Å². The fourth-order valence-corrected chi connectivity index (χ4v) is 1.56. The minimum atomic E-state index is 0.129. The molecule has 13 heavy (non-hydrogen) atoms. The number of carbonyl (C=O) groups is 1. The number of ketones is 1. The molecule has 0 spiro atoms. The Morgan fingerprint density at radius 3 is 2.92 bits per heavy atom. The van der Waals surface area contributed by atoms with E-state index < -0.39 is 0 Å². The fourth-order valence-electron chi connectivity index (χ4n) is 1.13. The second-order valence-corrected chi connectivity index (χ2v) is 3.58. The molecule has 1 aromatic rings. The number of rotatable bonds is 6. The maximum absolute atomic E-state index is 11.4. The van der Waals surface area contributed by atoms with Crippen LogP contribution in [0.1, 0.15) is 49.5 Å². The number of unbranched alkanes of at least 4 members (excludes halogenated alkanes) is 3. The Hall–Kier alpha value is -0.770. The Bertz CT molecular complexity index is 246. The van der Waals surface area contributed by atoms with E-state index in [0.717, 1.165) is 24.6 Å². The monoisotopic (exact) mass is 198 g/mol. The zero-order valence-electron chi connectivity index (χ0n) is 7.82. The quantitative estimate of drug-likeness (QED) is 0.521. The summed E-state index contributed by atoms with van der Waals surface area (Å²) in [6.07, 6.45) is 6.69. The van der Waals surface area contributed by atoms with E-state index in [-0.39, 0.29) is 5.78 Å². The van der Waals surface area contributed by atoms with E-state index in [1.54, 1.807) is 6.20 Å². The van der Waals surface area contributed by atoms with Gasteiger partial charge in [-0.25, -0.2) is 0 Å². The molecular formula is C9H14N2OS. The van der Waals surface area contributed by atoms with Gasteiger partial charge in [-0.1, -0.05) is 26.2 Å². The van der Waals surface area contributed by atoms with E-state index in [1.807, 2.05) is 0 Å². The minimum Gasteiger partial charge on any atom is -0.292 e. The van der Waals surface area contributed by atoms with Crippen molar-refractivity contribution >= 4 is 17.5 Å². The van der Waals surface area contributed by atoms with Crippen LogP contribution in [-0.4, -0.2) is 14.5 Å². The van der Waals surface area contributed by atoms with Crippen LogP contribution >= 0.6 is 11.7 Å². The third-order valence-electron chi connectivity index (χ3n) is 1.90. The van der Waals surface area contributed by atoms with E-state index in [2.05, 4.69) is 15.7 Å². The van der Waals surface area contributed by atoms with E-state index in [4.69, 9.17) is 0 Å². The SMILES string of the molecule is CCCCCCC(=O)c1cnsn1. The summed E-state index contributed by atoms with van der Waals surface area (Å²) >= 11 is 1.09. The maximum Gasteiger partial charge on any atom is 0.183 e. The molecule has 1 aromatic heterocycles. The van der Waals surface area contributed by atoms with Gasteiger partial charge in [-0.05, 0) is 6.42 Å². The summed E-state index contributed by atoms with van der Waals surface area (Å²) in [5.74, 6) is 0.129. The molecule has 1 rings (SSSR count). The van der Waals surface area contributed by atoms with Gasteiger partial charge in [0.25, 0.3) is 0 Å². The van der Waals surface area contributed by atoms with Gasteiger partial charge < -0.3 is 0 Å². The molecule has 0 amide bonds. The van der Waals surface area contributed by atoms with Gasteiger partial charge in [0.05, 0.1) is 17.9 Å². The highest BCUT2D eigenvalue weighted by molar-refractivity contribution is 6.99. The molecule has 0 aliphatic rings. The van der Waals surface area contributed by atoms with Crippen LogP contribution in [-0.2, 0) is 0 Å². The van der Waals surface area contributed by atoms with Crippen LogP contribution in [0, 0.1) is 0 Å². The van der Waals surface area contributed by atoms with Crippen LogP contribution in [0.2, 0.25) is 0 Å². The van der Waals surface area contributed by atoms with Crippen LogP contribution in [0.3, 0.4) is 0 Å². The summed E-state index contributed by atoms with van der Waals surface area (Å²) in [6, 6.07) is 0. The van der Waals surface area contributed by atoms with Crippen molar-refractivity contribution in [2.24, 2.45) is 0 Å². The molecule has 0 saturated carbocycles. The summed E-state index contributed by atoms with van der Waals surface area (Å²) in [7, 11) is 0. The standard InChI is InChI=1S/C9H14N2OS/c1-2-3-4-5-6-9(12)8-7-10-13-11-8/h7H,2-6H2,1H3. The number of Topliss-reactive ketones (excluding diaryl/α,β-unsaturated/α-hetero) is 1. The number of nitrogens with zero attached hydrogens (tertiary/aromatic N) is 2. The summed E-state index contributed by atoms with van der Waals surface area (Å²) in [6.45, 7) is 2.16. The predicted octanol–water partition coefficient (Wildman–Crippen LogP) is 2.69. The zero-order chi connectivity index (χ0) is 9.52. The van der Waals surface area contributed by atoms with Gasteiger partial charge in [0.15, 0.2) is 5.78 Å². The number of aromatic nitrogens is 2. The molecule has 0 unspecified atom stereocenters. The van der Waals surface area contributed by atoms with Crippen LogP contribution in [0.4, 0.5) is 0 Å². The van der Waals surface area contributed by atoms with Crippen molar-refractivity contribution in [1.29, 1.82) is 0 Å². The summed E-state index contributed by atoms with van der Waals surface area (Å²) in [5, 5.41) is 0. The summed E-state index contributed by atoms with van der Waals surface area (Å²) in [5.41, 5.74) is 0.529. The molecule has 1 heterocycles. The number of hydrogen-bond donors (Lipinski definition) is 0. The first-order valence-electron chi connectivity index (χ1n) is 4.65. The van der Waals surface area contributed by atoms with E-state index >= 15 is 0 Å². The molecule has 0 atom stereocenters. The molecule has 72 valence electrons. The van der Waals surface area contributed by atoms with Crippen LogP contribution in [0.5, 0.6) is 0 Å². The molecule has 0 aliphatic carbocycles. The largest absolute Gasteiger partial charge is 0.292 e. The van der Waals surface area contributed by atoms with Gasteiger partial charge >= 0.3 is 0 Å². The normalized spacial score (nSPS) is 10.2. The number of carbonyl (C=O) groups excluding carboxylic acids is 1. The summed E-state index contributed by atoms with van der Waals surface area (Å²) < 4.78 is 7.69. The molecule has 0 aromatic carbocycles. The Morgan fingerprint density at radius 2 is 2.31 bits per heavy atom. The first-order valence-corrected chi connectivity index (χ1v) is 5.38. The third-order valence-corrected chi connectivity index (χ3v) is 2.38. The van der Waals surface area contributed by atoms with E-state index in [1.165, 1.54) is 12.8 Å². The van der Waals surface area contributed by atoms with Gasteiger partial charge in [-0.2, -0.15) is 8.75 Å². The first-order chi connectivity index (χ1) is 6.34. The predicted molar refractivity (Wildman–Crippen MR) is 53.0 cm³/mol. The second kappa shape index (κ2) is 5.80. The average molecular weight is 198 g/mol. The highest BCUT2D eigenvalue weighted by Gasteiger charge is 2.07. The van der Waals surface area contributed by atoms with Gasteiger partial charge in [0.2, 0.25) is 0 Å². The van der Waals surface area contributed by atoms with Gasteiger partial charge in [0, 0.05) is 6.42 Å². The highest BCUT2D eigenvalue weighted by atomic mass is 32.1.